The highest BCUT2D eigenvalue weighted by molar-refractivity contribution is 7.11. The van der Waals surface area contributed by atoms with Crippen molar-refractivity contribution in [2.75, 3.05) is 6.61 Å². The average molecular weight is 241 g/mol. The molecule has 0 aromatic carbocycles. The Labute approximate surface area is 98.6 Å². The predicted molar refractivity (Wildman–Crippen MR) is 61.4 cm³/mol. The van der Waals surface area contributed by atoms with Gasteiger partial charge in [0.1, 0.15) is 5.92 Å². The zero-order chi connectivity index (χ0) is 12.1. The van der Waals surface area contributed by atoms with Crippen molar-refractivity contribution in [1.29, 1.82) is 0 Å². The summed E-state index contributed by atoms with van der Waals surface area (Å²) >= 11 is 1.24. The van der Waals surface area contributed by atoms with Crippen molar-refractivity contribution in [1.82, 2.24) is 4.98 Å². The Hall–Kier alpha value is -1.23. The second-order valence-electron chi connectivity index (χ2n) is 3.70. The van der Waals surface area contributed by atoms with E-state index in [0.717, 1.165) is 0 Å². The second kappa shape index (κ2) is 5.75. The molecule has 0 radical (unpaired) electrons. The van der Waals surface area contributed by atoms with E-state index >= 15 is 0 Å². The van der Waals surface area contributed by atoms with Crippen LogP contribution >= 0.6 is 11.3 Å². The Balaban J connectivity index is 2.86. The number of carbonyl (C=O) groups is 2. The van der Waals surface area contributed by atoms with Gasteiger partial charge < -0.3 is 4.74 Å². The molecule has 1 atom stereocenters. The van der Waals surface area contributed by atoms with E-state index in [1.165, 1.54) is 17.5 Å². The first-order chi connectivity index (χ1) is 7.57. The molecule has 0 aliphatic carbocycles. The summed E-state index contributed by atoms with van der Waals surface area (Å²) in [5, 5.41) is 0. The lowest BCUT2D eigenvalue weighted by atomic mass is 9.91. The third kappa shape index (κ3) is 2.88. The lowest BCUT2D eigenvalue weighted by molar-refractivity contribution is -0.147. The Morgan fingerprint density at radius 1 is 1.50 bits per heavy atom. The van der Waals surface area contributed by atoms with Crippen molar-refractivity contribution in [2.45, 2.75) is 20.8 Å². The van der Waals surface area contributed by atoms with Crippen LogP contribution < -0.4 is 0 Å². The third-order valence-electron chi connectivity index (χ3n) is 2.16. The van der Waals surface area contributed by atoms with Crippen molar-refractivity contribution in [2.24, 2.45) is 11.8 Å². The van der Waals surface area contributed by atoms with Crippen LogP contribution in [0.5, 0.6) is 0 Å². The van der Waals surface area contributed by atoms with E-state index in [1.807, 2.05) is 13.8 Å². The largest absolute Gasteiger partial charge is 0.465 e. The van der Waals surface area contributed by atoms with Crippen molar-refractivity contribution in [3.63, 3.8) is 0 Å². The predicted octanol–water partition coefficient (Wildman–Crippen LogP) is 2.16. The Morgan fingerprint density at radius 3 is 2.62 bits per heavy atom. The number of ether oxygens (including phenoxy) is 1. The van der Waals surface area contributed by atoms with Crippen LogP contribution in [0.2, 0.25) is 0 Å². The van der Waals surface area contributed by atoms with Crippen molar-refractivity contribution in [3.05, 3.63) is 16.6 Å². The minimum absolute atomic E-state index is 0.0753. The molecular weight excluding hydrogens is 226 g/mol. The normalized spacial score (nSPS) is 12.5. The number of Topliss-reactive ketones (excluding diaryl/α,β-unsaturated/α-hetero) is 1. The van der Waals surface area contributed by atoms with Crippen LogP contribution in [0.25, 0.3) is 0 Å². The van der Waals surface area contributed by atoms with Crippen LogP contribution in [0.4, 0.5) is 0 Å². The van der Waals surface area contributed by atoms with E-state index in [1.54, 1.807) is 12.4 Å². The maximum atomic E-state index is 12.0. The lowest BCUT2D eigenvalue weighted by Gasteiger charge is -2.16. The number of rotatable bonds is 5. The van der Waals surface area contributed by atoms with Gasteiger partial charge in [-0.15, -0.1) is 11.3 Å². The first-order valence-electron chi connectivity index (χ1n) is 5.17. The molecule has 0 N–H and O–H groups in total. The Kier molecular flexibility index (Phi) is 4.61. The van der Waals surface area contributed by atoms with E-state index in [0.29, 0.717) is 4.88 Å². The minimum atomic E-state index is -0.722. The molecule has 5 heteroatoms. The summed E-state index contributed by atoms with van der Waals surface area (Å²) in [5.74, 6) is -1.44. The molecule has 0 saturated heterocycles. The maximum absolute atomic E-state index is 12.0. The van der Waals surface area contributed by atoms with Gasteiger partial charge in [-0.05, 0) is 12.8 Å². The van der Waals surface area contributed by atoms with Crippen LogP contribution in [0, 0.1) is 11.8 Å². The lowest BCUT2D eigenvalue weighted by Crippen LogP contribution is -2.30. The van der Waals surface area contributed by atoms with E-state index in [9.17, 15) is 9.59 Å². The van der Waals surface area contributed by atoms with Gasteiger partial charge in [-0.2, -0.15) is 0 Å². The minimum Gasteiger partial charge on any atom is -0.465 e. The van der Waals surface area contributed by atoms with Gasteiger partial charge in [-0.25, -0.2) is 0 Å². The molecule has 0 spiro atoms. The van der Waals surface area contributed by atoms with Gasteiger partial charge in [0.25, 0.3) is 0 Å². The van der Waals surface area contributed by atoms with Crippen LogP contribution in [0.15, 0.2) is 11.7 Å². The molecule has 0 aliphatic heterocycles. The maximum Gasteiger partial charge on any atom is 0.317 e. The molecule has 1 heterocycles. The van der Waals surface area contributed by atoms with Crippen LogP contribution in [0.3, 0.4) is 0 Å². The quantitative estimate of drug-likeness (QED) is 0.450. The van der Waals surface area contributed by atoms with Gasteiger partial charge in [-0.3, -0.25) is 14.6 Å². The SMILES string of the molecule is CCOC(=O)C(C(=O)c1cncs1)C(C)C. The summed E-state index contributed by atoms with van der Waals surface area (Å²) in [6.45, 7) is 5.69. The van der Waals surface area contributed by atoms with Crippen molar-refractivity contribution in [3.8, 4) is 0 Å². The van der Waals surface area contributed by atoms with Crippen molar-refractivity contribution < 1.29 is 14.3 Å². The highest BCUT2D eigenvalue weighted by Crippen LogP contribution is 2.21. The Bertz CT molecular complexity index is 359. The smallest absolute Gasteiger partial charge is 0.317 e. The zero-order valence-electron chi connectivity index (χ0n) is 9.60. The van der Waals surface area contributed by atoms with E-state index < -0.39 is 11.9 Å². The molecule has 1 rings (SSSR count). The number of carbonyl (C=O) groups excluding carboxylic acids is 2. The number of aromatic nitrogens is 1. The molecule has 0 amide bonds. The first-order valence-corrected chi connectivity index (χ1v) is 6.05. The molecule has 1 aromatic rings. The highest BCUT2D eigenvalue weighted by Gasteiger charge is 2.32. The van der Waals surface area contributed by atoms with Crippen molar-refractivity contribution >= 4 is 23.1 Å². The fourth-order valence-corrected chi connectivity index (χ4v) is 2.00. The van der Waals surface area contributed by atoms with E-state index in [-0.39, 0.29) is 18.3 Å². The molecular formula is C11H15NO3S. The molecule has 1 unspecified atom stereocenters. The number of hydrogen-bond donors (Lipinski definition) is 0. The summed E-state index contributed by atoms with van der Waals surface area (Å²) in [6, 6.07) is 0. The summed E-state index contributed by atoms with van der Waals surface area (Å²) in [7, 11) is 0. The van der Waals surface area contributed by atoms with Gasteiger partial charge in [-0.1, -0.05) is 13.8 Å². The number of esters is 1. The second-order valence-corrected chi connectivity index (χ2v) is 4.59. The molecule has 88 valence electrons. The van der Waals surface area contributed by atoms with E-state index in [4.69, 9.17) is 4.74 Å². The fourth-order valence-electron chi connectivity index (χ4n) is 1.40. The molecule has 16 heavy (non-hydrogen) atoms. The average Bonchev–Trinajstić information content (AvgIpc) is 2.70. The highest BCUT2D eigenvalue weighted by atomic mass is 32.1. The molecule has 0 bridgehead atoms. The van der Waals surface area contributed by atoms with Crippen LogP contribution in [-0.4, -0.2) is 23.3 Å². The topological polar surface area (TPSA) is 56.3 Å². The molecule has 0 fully saturated rings. The number of ketones is 1. The monoisotopic (exact) mass is 241 g/mol. The number of thiazole rings is 1. The van der Waals surface area contributed by atoms with E-state index in [2.05, 4.69) is 4.98 Å². The fraction of sp³-hybridized carbons (Fsp3) is 0.545. The summed E-state index contributed by atoms with van der Waals surface area (Å²) < 4.78 is 4.91. The molecule has 0 aliphatic rings. The third-order valence-corrected chi connectivity index (χ3v) is 2.95. The molecule has 0 saturated carbocycles. The van der Waals surface area contributed by atoms with Crippen LogP contribution in [0.1, 0.15) is 30.4 Å². The molecule has 4 nitrogen and oxygen atoms in total. The number of hydrogen-bond acceptors (Lipinski definition) is 5. The van der Waals surface area contributed by atoms with Gasteiger partial charge in [0.15, 0.2) is 5.78 Å². The summed E-state index contributed by atoms with van der Waals surface area (Å²) in [5.41, 5.74) is 1.58. The van der Waals surface area contributed by atoms with Gasteiger partial charge >= 0.3 is 5.97 Å². The van der Waals surface area contributed by atoms with Gasteiger partial charge in [0, 0.05) is 6.20 Å². The standard InChI is InChI=1S/C11H15NO3S/c1-4-15-11(14)9(7(2)3)10(13)8-5-12-6-16-8/h5-7,9H,4H2,1-3H3. The Morgan fingerprint density at radius 2 is 2.19 bits per heavy atom. The first kappa shape index (κ1) is 12.8. The van der Waals surface area contributed by atoms with Crippen LogP contribution in [-0.2, 0) is 9.53 Å². The van der Waals surface area contributed by atoms with Gasteiger partial charge in [0.05, 0.1) is 17.0 Å². The zero-order valence-corrected chi connectivity index (χ0v) is 10.4. The summed E-state index contributed by atoms with van der Waals surface area (Å²) in [6.07, 6.45) is 1.49. The molecule has 1 aromatic heterocycles. The number of nitrogens with zero attached hydrogens (tertiary/aromatic N) is 1. The van der Waals surface area contributed by atoms with Gasteiger partial charge in [0.2, 0.25) is 0 Å². The summed E-state index contributed by atoms with van der Waals surface area (Å²) in [4.78, 5) is 28.0.